The predicted octanol–water partition coefficient (Wildman–Crippen LogP) is 1.13. The minimum Gasteiger partial charge on any atom is -0.496 e. The van der Waals surface area contributed by atoms with Gasteiger partial charge in [-0.05, 0) is 31.0 Å². The van der Waals surface area contributed by atoms with Crippen molar-refractivity contribution in [2.75, 3.05) is 44.8 Å². The van der Waals surface area contributed by atoms with Crippen molar-refractivity contribution in [1.82, 2.24) is 9.21 Å². The standard InChI is InChI=1S/C18H26N2O6S2/c1-26-17-7-6-15(28(24,25)20-8-4-2-3-5-9-20)14-16(17)18(21)19-10-12-27(22,23)13-11-19/h6-7,14H,2-5,8-13H2,1H3. The lowest BCUT2D eigenvalue weighted by molar-refractivity contribution is 0.0766. The zero-order chi connectivity index (χ0) is 20.4. The lowest BCUT2D eigenvalue weighted by Gasteiger charge is -2.27. The molecule has 0 spiro atoms. The Hall–Kier alpha value is -1.65. The molecular weight excluding hydrogens is 404 g/mol. The summed E-state index contributed by atoms with van der Waals surface area (Å²) in [7, 11) is -5.42. The lowest BCUT2D eigenvalue weighted by atomic mass is 10.1. The molecule has 2 fully saturated rings. The Kier molecular flexibility index (Phi) is 6.31. The molecule has 2 saturated heterocycles. The van der Waals surface area contributed by atoms with Crippen LogP contribution in [0.1, 0.15) is 36.0 Å². The number of carbonyl (C=O) groups is 1. The van der Waals surface area contributed by atoms with E-state index < -0.39 is 25.8 Å². The first-order chi connectivity index (χ1) is 13.2. The van der Waals surface area contributed by atoms with Crippen molar-refractivity contribution in [2.24, 2.45) is 0 Å². The summed E-state index contributed by atoms with van der Waals surface area (Å²) in [6.07, 6.45) is 3.67. The molecule has 0 unspecified atom stereocenters. The van der Waals surface area contributed by atoms with Crippen LogP contribution in [-0.4, -0.2) is 76.7 Å². The van der Waals surface area contributed by atoms with Gasteiger partial charge in [0.05, 0.1) is 29.1 Å². The molecule has 0 aliphatic carbocycles. The molecule has 2 aliphatic heterocycles. The SMILES string of the molecule is COc1ccc(S(=O)(=O)N2CCCCCC2)cc1C(=O)N1CCS(=O)(=O)CC1. The van der Waals surface area contributed by atoms with Crippen LogP contribution in [0.2, 0.25) is 0 Å². The molecule has 0 atom stereocenters. The number of hydrogen-bond acceptors (Lipinski definition) is 6. The normalized spacial score (nSPS) is 21.1. The largest absolute Gasteiger partial charge is 0.496 e. The minimum absolute atomic E-state index is 0.0585. The molecule has 0 N–H and O–H groups in total. The summed E-state index contributed by atoms with van der Waals surface area (Å²) in [5, 5.41) is 0. The summed E-state index contributed by atoms with van der Waals surface area (Å²) >= 11 is 0. The fourth-order valence-corrected chi connectivity index (χ4v) is 6.28. The molecular formula is C18H26N2O6S2. The van der Waals surface area contributed by atoms with E-state index in [0.29, 0.717) is 13.1 Å². The molecule has 0 saturated carbocycles. The average Bonchev–Trinajstić information content (AvgIpc) is 2.97. The second-order valence-electron chi connectivity index (χ2n) is 7.12. The van der Waals surface area contributed by atoms with E-state index in [1.807, 2.05) is 0 Å². The highest BCUT2D eigenvalue weighted by Crippen LogP contribution is 2.27. The smallest absolute Gasteiger partial charge is 0.257 e. The maximum atomic E-state index is 13.1. The van der Waals surface area contributed by atoms with E-state index in [-0.39, 0.29) is 40.8 Å². The van der Waals surface area contributed by atoms with Crippen LogP contribution < -0.4 is 4.74 Å². The summed E-state index contributed by atoms with van der Waals surface area (Å²) in [5.74, 6) is -0.326. The summed E-state index contributed by atoms with van der Waals surface area (Å²) in [6, 6.07) is 4.29. The Bertz CT molecular complexity index is 921. The molecule has 1 aromatic rings. The van der Waals surface area contributed by atoms with Crippen molar-refractivity contribution in [3.05, 3.63) is 23.8 Å². The third-order valence-electron chi connectivity index (χ3n) is 5.24. The number of hydrogen-bond donors (Lipinski definition) is 0. The van der Waals surface area contributed by atoms with Crippen LogP contribution in [0.4, 0.5) is 0 Å². The molecule has 0 radical (unpaired) electrons. The van der Waals surface area contributed by atoms with Crippen LogP contribution in [0.3, 0.4) is 0 Å². The first kappa shape index (κ1) is 21.1. The Balaban J connectivity index is 1.90. The Morgan fingerprint density at radius 1 is 1.00 bits per heavy atom. The molecule has 1 amide bonds. The fraction of sp³-hybridized carbons (Fsp3) is 0.611. The third kappa shape index (κ3) is 4.49. The number of amides is 1. The number of sulfone groups is 1. The summed E-state index contributed by atoms with van der Waals surface area (Å²) in [5.41, 5.74) is 0.137. The van der Waals surface area contributed by atoms with Crippen molar-refractivity contribution < 1.29 is 26.4 Å². The van der Waals surface area contributed by atoms with Crippen LogP contribution in [0.5, 0.6) is 5.75 Å². The summed E-state index contributed by atoms with van der Waals surface area (Å²) < 4.78 is 56.1. The Morgan fingerprint density at radius 2 is 1.61 bits per heavy atom. The van der Waals surface area contributed by atoms with Gasteiger partial charge in [0.1, 0.15) is 5.75 Å². The van der Waals surface area contributed by atoms with Crippen molar-refractivity contribution >= 4 is 25.8 Å². The van der Waals surface area contributed by atoms with E-state index >= 15 is 0 Å². The van der Waals surface area contributed by atoms with Crippen LogP contribution in [0.15, 0.2) is 23.1 Å². The highest BCUT2D eigenvalue weighted by Gasteiger charge is 2.30. The molecule has 3 rings (SSSR count). The van der Waals surface area contributed by atoms with Gasteiger partial charge in [0, 0.05) is 26.2 Å². The van der Waals surface area contributed by atoms with E-state index in [0.717, 1.165) is 25.7 Å². The van der Waals surface area contributed by atoms with Crippen LogP contribution in [0.25, 0.3) is 0 Å². The highest BCUT2D eigenvalue weighted by atomic mass is 32.2. The third-order valence-corrected chi connectivity index (χ3v) is 8.74. The monoisotopic (exact) mass is 430 g/mol. The predicted molar refractivity (Wildman–Crippen MR) is 105 cm³/mol. The second kappa shape index (κ2) is 8.38. The van der Waals surface area contributed by atoms with Crippen molar-refractivity contribution in [3.8, 4) is 5.75 Å². The summed E-state index contributed by atoms with van der Waals surface area (Å²) in [6.45, 7) is 1.13. The number of nitrogens with zero attached hydrogens (tertiary/aromatic N) is 2. The van der Waals surface area contributed by atoms with Crippen LogP contribution in [0, 0.1) is 0 Å². The number of ether oxygens (including phenoxy) is 1. The van der Waals surface area contributed by atoms with E-state index in [1.165, 1.54) is 34.5 Å². The first-order valence-electron chi connectivity index (χ1n) is 9.42. The number of rotatable bonds is 4. The van der Waals surface area contributed by atoms with E-state index in [1.54, 1.807) is 0 Å². The van der Waals surface area contributed by atoms with Gasteiger partial charge < -0.3 is 9.64 Å². The van der Waals surface area contributed by atoms with Gasteiger partial charge in [0.2, 0.25) is 10.0 Å². The van der Waals surface area contributed by atoms with Crippen molar-refractivity contribution in [3.63, 3.8) is 0 Å². The zero-order valence-electron chi connectivity index (χ0n) is 16.0. The van der Waals surface area contributed by atoms with Gasteiger partial charge in [-0.25, -0.2) is 16.8 Å². The Labute approximate surface area is 166 Å². The molecule has 10 heteroatoms. The maximum Gasteiger partial charge on any atom is 0.257 e. The van der Waals surface area contributed by atoms with Gasteiger partial charge in [0.25, 0.3) is 5.91 Å². The van der Waals surface area contributed by atoms with Gasteiger partial charge >= 0.3 is 0 Å². The molecule has 28 heavy (non-hydrogen) atoms. The first-order valence-corrected chi connectivity index (χ1v) is 12.7. The van der Waals surface area contributed by atoms with E-state index in [9.17, 15) is 21.6 Å². The average molecular weight is 431 g/mol. The van der Waals surface area contributed by atoms with Crippen molar-refractivity contribution in [1.29, 1.82) is 0 Å². The van der Waals surface area contributed by atoms with Gasteiger partial charge in [-0.15, -0.1) is 0 Å². The number of methoxy groups -OCH3 is 1. The maximum absolute atomic E-state index is 13.1. The Morgan fingerprint density at radius 3 is 2.18 bits per heavy atom. The van der Waals surface area contributed by atoms with E-state index in [2.05, 4.69) is 0 Å². The highest BCUT2D eigenvalue weighted by molar-refractivity contribution is 7.91. The molecule has 0 aromatic heterocycles. The van der Waals surface area contributed by atoms with Crippen LogP contribution in [-0.2, 0) is 19.9 Å². The lowest BCUT2D eigenvalue weighted by Crippen LogP contribution is -2.43. The van der Waals surface area contributed by atoms with Crippen LogP contribution >= 0.6 is 0 Å². The number of benzene rings is 1. The number of carbonyl (C=O) groups excluding carboxylic acids is 1. The fourth-order valence-electron chi connectivity index (χ4n) is 3.53. The molecule has 2 aliphatic rings. The second-order valence-corrected chi connectivity index (χ2v) is 11.4. The van der Waals surface area contributed by atoms with E-state index in [4.69, 9.17) is 4.74 Å². The van der Waals surface area contributed by atoms with Gasteiger partial charge in [-0.1, -0.05) is 12.8 Å². The molecule has 2 heterocycles. The summed E-state index contributed by atoms with van der Waals surface area (Å²) in [4.78, 5) is 14.4. The quantitative estimate of drug-likeness (QED) is 0.710. The molecule has 8 nitrogen and oxygen atoms in total. The molecule has 0 bridgehead atoms. The van der Waals surface area contributed by atoms with Crippen molar-refractivity contribution in [2.45, 2.75) is 30.6 Å². The van der Waals surface area contributed by atoms with Gasteiger partial charge in [-0.3, -0.25) is 4.79 Å². The van der Waals surface area contributed by atoms with Gasteiger partial charge in [0.15, 0.2) is 9.84 Å². The topological polar surface area (TPSA) is 101 Å². The zero-order valence-corrected chi connectivity index (χ0v) is 17.6. The number of sulfonamides is 1. The van der Waals surface area contributed by atoms with Gasteiger partial charge in [-0.2, -0.15) is 4.31 Å². The molecule has 1 aromatic carbocycles. The molecule has 156 valence electrons. The minimum atomic E-state index is -3.70.